The molecule has 3 aromatic rings. The molecule has 1 aromatic heterocycles. The van der Waals surface area contributed by atoms with Crippen LogP contribution >= 0.6 is 11.6 Å². The van der Waals surface area contributed by atoms with E-state index in [-0.39, 0.29) is 11.1 Å². The molecule has 0 aliphatic rings. The molecule has 0 radical (unpaired) electrons. The lowest BCUT2D eigenvalue weighted by Crippen LogP contribution is -2.16. The summed E-state index contributed by atoms with van der Waals surface area (Å²) in [6.07, 6.45) is 2.85. The standard InChI is InChI=1S/C20H17ClN4O3/c1-25(15-6-4-3-5-7-15)20-22-11-14(12-23-20)18(26)24-17-10-13(19(27)28-2)8-9-16(17)21/h3-12H,1-2H3,(H,24,26). The number of nitrogens with zero attached hydrogens (tertiary/aromatic N) is 3. The third kappa shape index (κ3) is 4.27. The van der Waals surface area contributed by atoms with E-state index >= 15 is 0 Å². The Labute approximate surface area is 166 Å². The largest absolute Gasteiger partial charge is 0.465 e. The summed E-state index contributed by atoms with van der Waals surface area (Å²) in [4.78, 5) is 34.4. The number of esters is 1. The minimum atomic E-state index is -0.524. The summed E-state index contributed by atoms with van der Waals surface area (Å²) < 4.78 is 4.67. The smallest absolute Gasteiger partial charge is 0.337 e. The van der Waals surface area contributed by atoms with Crippen LogP contribution in [0.3, 0.4) is 0 Å². The number of aromatic nitrogens is 2. The predicted octanol–water partition coefficient (Wildman–Crippen LogP) is 3.94. The van der Waals surface area contributed by atoms with Gasteiger partial charge in [0.1, 0.15) is 0 Å². The van der Waals surface area contributed by atoms with Gasteiger partial charge in [0.25, 0.3) is 5.91 Å². The number of amides is 1. The van der Waals surface area contributed by atoms with Gasteiger partial charge in [-0.3, -0.25) is 4.79 Å². The highest BCUT2D eigenvalue weighted by atomic mass is 35.5. The summed E-state index contributed by atoms with van der Waals surface area (Å²) in [7, 11) is 3.11. The molecule has 142 valence electrons. The van der Waals surface area contributed by atoms with Gasteiger partial charge >= 0.3 is 5.97 Å². The topological polar surface area (TPSA) is 84.4 Å². The van der Waals surface area contributed by atoms with Gasteiger partial charge in [0.2, 0.25) is 5.95 Å². The van der Waals surface area contributed by atoms with E-state index < -0.39 is 11.9 Å². The van der Waals surface area contributed by atoms with Crippen LogP contribution in [-0.4, -0.2) is 36.0 Å². The molecule has 1 N–H and O–H groups in total. The Bertz CT molecular complexity index is 994. The van der Waals surface area contributed by atoms with Crippen molar-refractivity contribution in [1.29, 1.82) is 0 Å². The molecular weight excluding hydrogens is 380 g/mol. The van der Waals surface area contributed by atoms with Gasteiger partial charge in [-0.05, 0) is 30.3 Å². The molecule has 0 bridgehead atoms. The number of nitrogens with one attached hydrogen (secondary N) is 1. The van der Waals surface area contributed by atoms with Crippen LogP contribution < -0.4 is 10.2 Å². The molecule has 3 rings (SSSR count). The van der Waals surface area contributed by atoms with E-state index in [2.05, 4.69) is 20.0 Å². The average Bonchev–Trinajstić information content (AvgIpc) is 2.74. The van der Waals surface area contributed by atoms with Gasteiger partial charge in [0, 0.05) is 25.1 Å². The van der Waals surface area contributed by atoms with Crippen LogP contribution in [0.25, 0.3) is 0 Å². The number of methoxy groups -OCH3 is 1. The lowest BCUT2D eigenvalue weighted by molar-refractivity contribution is 0.0600. The summed E-state index contributed by atoms with van der Waals surface area (Å²) in [6.45, 7) is 0. The Morgan fingerprint density at radius 1 is 1.04 bits per heavy atom. The molecule has 0 saturated carbocycles. The molecule has 0 aliphatic carbocycles. The maximum absolute atomic E-state index is 12.5. The van der Waals surface area contributed by atoms with Crippen LogP contribution in [0.1, 0.15) is 20.7 Å². The number of para-hydroxylation sites is 1. The van der Waals surface area contributed by atoms with Crippen LogP contribution in [-0.2, 0) is 4.74 Å². The second-order valence-corrected chi connectivity index (χ2v) is 6.21. The Morgan fingerprint density at radius 3 is 2.36 bits per heavy atom. The maximum atomic E-state index is 12.5. The van der Waals surface area contributed by atoms with Gasteiger partial charge in [-0.15, -0.1) is 0 Å². The van der Waals surface area contributed by atoms with Crippen molar-refractivity contribution in [2.75, 3.05) is 24.4 Å². The van der Waals surface area contributed by atoms with Gasteiger partial charge < -0.3 is 15.0 Å². The van der Waals surface area contributed by atoms with Crippen molar-refractivity contribution in [3.63, 3.8) is 0 Å². The van der Waals surface area contributed by atoms with E-state index in [0.717, 1.165) is 5.69 Å². The van der Waals surface area contributed by atoms with E-state index in [4.69, 9.17) is 11.6 Å². The van der Waals surface area contributed by atoms with Crippen LogP contribution in [0.4, 0.5) is 17.3 Å². The third-order valence-electron chi connectivity index (χ3n) is 3.98. The number of hydrogen-bond donors (Lipinski definition) is 1. The second-order valence-electron chi connectivity index (χ2n) is 5.81. The minimum absolute atomic E-state index is 0.254. The van der Waals surface area contributed by atoms with Crippen LogP contribution in [0.5, 0.6) is 0 Å². The van der Waals surface area contributed by atoms with Gasteiger partial charge in [0.15, 0.2) is 0 Å². The second kappa shape index (κ2) is 8.49. The number of anilines is 3. The van der Waals surface area contributed by atoms with Gasteiger partial charge in [-0.25, -0.2) is 14.8 Å². The lowest BCUT2D eigenvalue weighted by atomic mass is 10.2. The highest BCUT2D eigenvalue weighted by molar-refractivity contribution is 6.34. The normalized spacial score (nSPS) is 10.2. The quantitative estimate of drug-likeness (QED) is 0.657. The first-order valence-corrected chi connectivity index (χ1v) is 8.67. The Morgan fingerprint density at radius 2 is 1.71 bits per heavy atom. The highest BCUT2D eigenvalue weighted by Gasteiger charge is 2.14. The lowest BCUT2D eigenvalue weighted by Gasteiger charge is -2.16. The van der Waals surface area contributed by atoms with Crippen LogP contribution in [0.2, 0.25) is 5.02 Å². The van der Waals surface area contributed by atoms with Crippen molar-refractivity contribution in [1.82, 2.24) is 9.97 Å². The first-order valence-electron chi connectivity index (χ1n) is 8.29. The fourth-order valence-corrected chi connectivity index (χ4v) is 2.60. The van der Waals surface area contributed by atoms with Crippen molar-refractivity contribution in [3.8, 4) is 0 Å². The van der Waals surface area contributed by atoms with E-state index in [1.807, 2.05) is 37.4 Å². The van der Waals surface area contributed by atoms with E-state index in [9.17, 15) is 9.59 Å². The molecule has 28 heavy (non-hydrogen) atoms. The molecule has 0 spiro atoms. The number of rotatable bonds is 5. The molecule has 0 aliphatic heterocycles. The van der Waals surface area contributed by atoms with Crippen molar-refractivity contribution < 1.29 is 14.3 Å². The molecule has 8 heteroatoms. The summed E-state index contributed by atoms with van der Waals surface area (Å²) in [5, 5.41) is 2.95. The van der Waals surface area contributed by atoms with Crippen molar-refractivity contribution in [2.45, 2.75) is 0 Å². The van der Waals surface area contributed by atoms with E-state index in [1.165, 1.54) is 37.7 Å². The van der Waals surface area contributed by atoms with E-state index in [1.54, 1.807) is 4.90 Å². The number of carbonyl (C=O) groups excluding carboxylic acids is 2. The molecule has 2 aromatic carbocycles. The summed E-state index contributed by atoms with van der Waals surface area (Å²) in [6, 6.07) is 14.1. The van der Waals surface area contributed by atoms with Gasteiger partial charge in [0.05, 0.1) is 28.9 Å². The monoisotopic (exact) mass is 396 g/mol. The van der Waals surface area contributed by atoms with Crippen molar-refractivity contribution >= 4 is 40.8 Å². The fourth-order valence-electron chi connectivity index (χ4n) is 2.44. The maximum Gasteiger partial charge on any atom is 0.337 e. The van der Waals surface area contributed by atoms with Gasteiger partial charge in [-0.2, -0.15) is 0 Å². The van der Waals surface area contributed by atoms with Gasteiger partial charge in [-0.1, -0.05) is 29.8 Å². The number of benzene rings is 2. The third-order valence-corrected chi connectivity index (χ3v) is 4.31. The van der Waals surface area contributed by atoms with E-state index in [0.29, 0.717) is 16.7 Å². The molecule has 1 heterocycles. The van der Waals surface area contributed by atoms with Crippen LogP contribution in [0.15, 0.2) is 60.9 Å². The number of halogens is 1. The fraction of sp³-hybridized carbons (Fsp3) is 0.100. The SMILES string of the molecule is COC(=O)c1ccc(Cl)c(NC(=O)c2cnc(N(C)c3ccccc3)nc2)c1. The Kier molecular flexibility index (Phi) is 5.86. The zero-order valence-electron chi connectivity index (χ0n) is 15.2. The Hall–Kier alpha value is -3.45. The zero-order valence-corrected chi connectivity index (χ0v) is 16.0. The first kappa shape index (κ1) is 19.3. The van der Waals surface area contributed by atoms with Crippen LogP contribution in [0, 0.1) is 0 Å². The summed E-state index contributed by atoms with van der Waals surface area (Å²) in [5.41, 5.74) is 1.74. The molecule has 7 nitrogen and oxygen atoms in total. The Balaban J connectivity index is 1.76. The summed E-state index contributed by atoms with van der Waals surface area (Å²) >= 11 is 6.11. The first-order chi connectivity index (χ1) is 13.5. The molecule has 0 saturated heterocycles. The highest BCUT2D eigenvalue weighted by Crippen LogP contribution is 2.24. The molecule has 0 atom stereocenters. The minimum Gasteiger partial charge on any atom is -0.465 e. The molecule has 0 fully saturated rings. The average molecular weight is 397 g/mol. The molecule has 1 amide bonds. The molecular formula is C20H17ClN4O3. The number of hydrogen-bond acceptors (Lipinski definition) is 6. The number of ether oxygens (including phenoxy) is 1. The predicted molar refractivity (Wildman–Crippen MR) is 107 cm³/mol. The van der Waals surface area contributed by atoms with Crippen molar-refractivity contribution in [2.24, 2.45) is 0 Å². The van der Waals surface area contributed by atoms with Crippen molar-refractivity contribution in [3.05, 3.63) is 77.1 Å². The summed E-state index contributed by atoms with van der Waals surface area (Å²) in [5.74, 6) is -0.518. The number of carbonyl (C=O) groups is 2. The molecule has 0 unspecified atom stereocenters. The zero-order chi connectivity index (χ0) is 20.1.